The fourth-order valence-corrected chi connectivity index (χ4v) is 4.73. The number of esters is 1. The second-order valence-corrected chi connectivity index (χ2v) is 8.57. The maximum atomic E-state index is 12.5. The number of thioether (sulfide) groups is 1. The summed E-state index contributed by atoms with van der Waals surface area (Å²) in [7, 11) is 1.34. The van der Waals surface area contributed by atoms with Crippen LogP contribution in [0.2, 0.25) is 0 Å². The molecule has 0 atom stereocenters. The molecule has 2 aromatic carbocycles. The van der Waals surface area contributed by atoms with Gasteiger partial charge in [0.15, 0.2) is 4.34 Å². The predicted octanol–water partition coefficient (Wildman–Crippen LogP) is 4.21. The first kappa shape index (κ1) is 20.1. The van der Waals surface area contributed by atoms with Crippen LogP contribution in [0.25, 0.3) is 10.9 Å². The molecular formula is C21H18N4O3S2. The van der Waals surface area contributed by atoms with Gasteiger partial charge in [0.25, 0.3) is 0 Å². The molecule has 0 aliphatic rings. The number of amides is 1. The molecule has 4 rings (SSSR count). The third kappa shape index (κ3) is 4.52. The van der Waals surface area contributed by atoms with E-state index < -0.39 is 5.97 Å². The second-order valence-electron chi connectivity index (χ2n) is 6.37. The fraction of sp³-hybridized carbons (Fsp3) is 0.143. The van der Waals surface area contributed by atoms with Gasteiger partial charge in [0.05, 0.1) is 12.7 Å². The van der Waals surface area contributed by atoms with Crippen LogP contribution in [-0.2, 0) is 21.8 Å². The van der Waals surface area contributed by atoms with Crippen molar-refractivity contribution < 1.29 is 14.3 Å². The van der Waals surface area contributed by atoms with Crippen molar-refractivity contribution >= 4 is 51.0 Å². The van der Waals surface area contributed by atoms with Crippen molar-refractivity contribution in [3.8, 4) is 0 Å². The Morgan fingerprint density at radius 3 is 2.67 bits per heavy atom. The molecule has 9 heteroatoms. The van der Waals surface area contributed by atoms with Gasteiger partial charge in [-0.05, 0) is 11.6 Å². The monoisotopic (exact) mass is 438 g/mol. The van der Waals surface area contributed by atoms with E-state index in [1.54, 1.807) is 22.5 Å². The Labute approximate surface area is 181 Å². The minimum Gasteiger partial charge on any atom is -0.465 e. The molecule has 0 aliphatic heterocycles. The van der Waals surface area contributed by atoms with Crippen LogP contribution in [0, 0.1) is 0 Å². The highest BCUT2D eigenvalue weighted by Crippen LogP contribution is 2.28. The normalized spacial score (nSPS) is 10.8. The Kier molecular flexibility index (Phi) is 6.10. The van der Waals surface area contributed by atoms with E-state index in [0.29, 0.717) is 10.7 Å². The quantitative estimate of drug-likeness (QED) is 0.264. The maximum absolute atomic E-state index is 12.5. The summed E-state index contributed by atoms with van der Waals surface area (Å²) < 4.78 is 7.36. The first-order valence-corrected chi connectivity index (χ1v) is 10.9. The zero-order valence-electron chi connectivity index (χ0n) is 16.1. The van der Waals surface area contributed by atoms with E-state index in [-0.39, 0.29) is 12.5 Å². The molecule has 7 nitrogen and oxygen atoms in total. The van der Waals surface area contributed by atoms with Gasteiger partial charge in [-0.25, -0.2) is 4.79 Å². The Balaban J connectivity index is 1.42. The number of ether oxygens (including phenoxy) is 1. The topological polar surface area (TPSA) is 86.1 Å². The zero-order chi connectivity index (χ0) is 20.9. The molecule has 0 aliphatic carbocycles. The standard InChI is InChI=1S/C21H18N4O3S2/c1-28-19(27)16-11-25(17-10-6-5-9-15(16)17)12-18(26)22-20-23-24-21(30-20)29-13-14-7-3-2-4-8-14/h2-11H,12-13H2,1H3,(H,22,23,26). The number of anilines is 1. The number of nitrogens with one attached hydrogen (secondary N) is 1. The van der Waals surface area contributed by atoms with E-state index in [9.17, 15) is 9.59 Å². The average molecular weight is 439 g/mol. The van der Waals surface area contributed by atoms with Crippen molar-refractivity contribution in [1.82, 2.24) is 14.8 Å². The highest BCUT2D eigenvalue weighted by atomic mass is 32.2. The van der Waals surface area contributed by atoms with Gasteiger partial charge in [0.1, 0.15) is 6.54 Å². The van der Waals surface area contributed by atoms with Crippen LogP contribution in [0.15, 0.2) is 65.1 Å². The van der Waals surface area contributed by atoms with Crippen molar-refractivity contribution in [3.05, 3.63) is 71.9 Å². The van der Waals surface area contributed by atoms with Crippen LogP contribution >= 0.6 is 23.1 Å². The van der Waals surface area contributed by atoms with Crippen molar-refractivity contribution in [2.45, 2.75) is 16.6 Å². The Morgan fingerprint density at radius 2 is 1.87 bits per heavy atom. The molecule has 4 aromatic rings. The average Bonchev–Trinajstić information content (AvgIpc) is 3.37. The van der Waals surface area contributed by atoms with E-state index in [1.165, 1.54) is 24.0 Å². The molecule has 0 bridgehead atoms. The fourth-order valence-electron chi connectivity index (χ4n) is 3.00. The lowest BCUT2D eigenvalue weighted by Crippen LogP contribution is -2.18. The Bertz CT molecular complexity index is 1190. The maximum Gasteiger partial charge on any atom is 0.340 e. The number of aromatic nitrogens is 3. The number of fused-ring (bicyclic) bond motifs is 1. The third-order valence-electron chi connectivity index (χ3n) is 4.37. The molecule has 1 N–H and O–H groups in total. The number of nitrogens with zero attached hydrogens (tertiary/aromatic N) is 3. The van der Waals surface area contributed by atoms with Gasteiger partial charge in [-0.3, -0.25) is 10.1 Å². The number of hydrogen-bond acceptors (Lipinski definition) is 7. The molecule has 152 valence electrons. The van der Waals surface area contributed by atoms with Crippen LogP contribution in [0.4, 0.5) is 5.13 Å². The lowest BCUT2D eigenvalue weighted by molar-refractivity contribution is -0.116. The molecule has 30 heavy (non-hydrogen) atoms. The first-order valence-electron chi connectivity index (χ1n) is 9.10. The van der Waals surface area contributed by atoms with E-state index >= 15 is 0 Å². The lowest BCUT2D eigenvalue weighted by Gasteiger charge is -2.04. The summed E-state index contributed by atoms with van der Waals surface area (Å²) >= 11 is 2.91. The van der Waals surface area contributed by atoms with E-state index in [2.05, 4.69) is 27.6 Å². The molecule has 1 amide bonds. The van der Waals surface area contributed by atoms with Gasteiger partial charge in [-0.15, -0.1) is 10.2 Å². The van der Waals surface area contributed by atoms with Gasteiger partial charge < -0.3 is 9.30 Å². The first-order chi connectivity index (χ1) is 14.6. The largest absolute Gasteiger partial charge is 0.465 e. The molecule has 2 heterocycles. The van der Waals surface area contributed by atoms with E-state index in [1.807, 2.05) is 42.5 Å². The number of benzene rings is 2. The summed E-state index contributed by atoms with van der Waals surface area (Å²) in [5.74, 6) is 0.104. The number of para-hydroxylation sites is 1. The molecule has 0 saturated carbocycles. The molecule has 0 unspecified atom stereocenters. The van der Waals surface area contributed by atoms with Crippen LogP contribution < -0.4 is 5.32 Å². The zero-order valence-corrected chi connectivity index (χ0v) is 17.7. The van der Waals surface area contributed by atoms with Gasteiger partial charge in [0.2, 0.25) is 11.0 Å². The van der Waals surface area contributed by atoms with E-state index in [0.717, 1.165) is 21.0 Å². The molecule has 0 fully saturated rings. The minimum atomic E-state index is -0.436. The van der Waals surface area contributed by atoms with Crippen LogP contribution in [-0.4, -0.2) is 33.8 Å². The number of carbonyl (C=O) groups excluding carboxylic acids is 2. The highest BCUT2D eigenvalue weighted by Gasteiger charge is 2.17. The molecule has 0 spiro atoms. The second kappa shape index (κ2) is 9.10. The van der Waals surface area contributed by atoms with Crippen LogP contribution in [0.3, 0.4) is 0 Å². The summed E-state index contributed by atoms with van der Waals surface area (Å²) in [5.41, 5.74) is 2.41. The summed E-state index contributed by atoms with van der Waals surface area (Å²) in [6.07, 6.45) is 1.64. The third-order valence-corrected chi connectivity index (χ3v) is 6.41. The predicted molar refractivity (Wildman–Crippen MR) is 118 cm³/mol. The molecular weight excluding hydrogens is 420 g/mol. The van der Waals surface area contributed by atoms with Gasteiger partial charge >= 0.3 is 5.97 Å². The number of hydrogen-bond donors (Lipinski definition) is 1. The molecule has 0 saturated heterocycles. The minimum absolute atomic E-state index is 0.0452. The van der Waals surface area contributed by atoms with Crippen molar-refractivity contribution in [2.75, 3.05) is 12.4 Å². The Hall–Kier alpha value is -3.17. The summed E-state index contributed by atoms with van der Waals surface area (Å²) in [5, 5.41) is 12.1. The lowest BCUT2D eigenvalue weighted by atomic mass is 10.2. The van der Waals surface area contributed by atoms with Gasteiger partial charge in [0, 0.05) is 22.9 Å². The van der Waals surface area contributed by atoms with Crippen molar-refractivity contribution in [1.29, 1.82) is 0 Å². The van der Waals surface area contributed by atoms with Crippen LogP contribution in [0.1, 0.15) is 15.9 Å². The van der Waals surface area contributed by atoms with Crippen molar-refractivity contribution in [3.63, 3.8) is 0 Å². The summed E-state index contributed by atoms with van der Waals surface area (Å²) in [6, 6.07) is 17.5. The van der Waals surface area contributed by atoms with Gasteiger partial charge in [-0.2, -0.15) is 0 Å². The van der Waals surface area contributed by atoms with E-state index in [4.69, 9.17) is 4.74 Å². The van der Waals surface area contributed by atoms with Gasteiger partial charge in [-0.1, -0.05) is 71.6 Å². The summed E-state index contributed by atoms with van der Waals surface area (Å²) in [6.45, 7) is 0.0452. The number of methoxy groups -OCH3 is 1. The SMILES string of the molecule is COC(=O)c1cn(CC(=O)Nc2nnc(SCc3ccccc3)s2)c2ccccc12. The number of carbonyl (C=O) groups is 2. The van der Waals surface area contributed by atoms with Crippen molar-refractivity contribution in [2.24, 2.45) is 0 Å². The molecule has 0 radical (unpaired) electrons. The number of rotatable bonds is 7. The summed E-state index contributed by atoms with van der Waals surface area (Å²) in [4.78, 5) is 24.6. The smallest absolute Gasteiger partial charge is 0.340 e. The van der Waals surface area contributed by atoms with Crippen LogP contribution in [0.5, 0.6) is 0 Å². The molecule has 2 aromatic heterocycles. The Morgan fingerprint density at radius 1 is 1.10 bits per heavy atom. The highest BCUT2D eigenvalue weighted by molar-refractivity contribution is 8.00.